The largest absolute Gasteiger partial charge is 0.464 e. The fourth-order valence-corrected chi connectivity index (χ4v) is 3.75. The van der Waals surface area contributed by atoms with Crippen molar-refractivity contribution in [3.8, 4) is 17.6 Å². The first kappa shape index (κ1) is 17.3. The molecule has 0 aliphatic carbocycles. The summed E-state index contributed by atoms with van der Waals surface area (Å²) >= 11 is 0. The highest BCUT2D eigenvalue weighted by molar-refractivity contribution is 5.99. The van der Waals surface area contributed by atoms with Gasteiger partial charge in [0, 0.05) is 36.8 Å². The van der Waals surface area contributed by atoms with E-state index in [1.165, 1.54) is 0 Å². The zero-order valence-corrected chi connectivity index (χ0v) is 16.0. The average molecular weight is 386 g/mol. The van der Waals surface area contributed by atoms with Gasteiger partial charge in [-0.2, -0.15) is 10.4 Å². The van der Waals surface area contributed by atoms with E-state index in [2.05, 4.69) is 11.2 Å². The highest BCUT2D eigenvalue weighted by Gasteiger charge is 2.32. The zero-order valence-electron chi connectivity index (χ0n) is 16.0. The minimum Gasteiger partial charge on any atom is -0.464 e. The van der Waals surface area contributed by atoms with Crippen LogP contribution in [-0.2, 0) is 0 Å². The zero-order chi connectivity index (χ0) is 20.1. The van der Waals surface area contributed by atoms with Crippen LogP contribution in [0, 0.1) is 31.1 Å². The predicted molar refractivity (Wildman–Crippen MR) is 106 cm³/mol. The molecule has 5 rings (SSSR count). The Labute approximate surface area is 166 Å². The van der Waals surface area contributed by atoms with Gasteiger partial charge in [-0.25, -0.2) is 4.52 Å². The highest BCUT2D eigenvalue weighted by Crippen LogP contribution is 2.33. The SMILES string of the molecule is Cc1coc2cc(Oc3ccnn4cc(C(=O)N5CC(C#N)C5)c(C)c34)ccc12. The molecule has 0 unspecified atom stereocenters. The summed E-state index contributed by atoms with van der Waals surface area (Å²) in [6.07, 6.45) is 5.08. The van der Waals surface area contributed by atoms with Crippen molar-refractivity contribution in [3.63, 3.8) is 0 Å². The highest BCUT2D eigenvalue weighted by atomic mass is 16.5. The second kappa shape index (κ2) is 6.38. The number of hydrogen-bond donors (Lipinski definition) is 0. The molecule has 3 aromatic heterocycles. The van der Waals surface area contributed by atoms with Crippen molar-refractivity contribution in [2.75, 3.05) is 13.1 Å². The summed E-state index contributed by atoms with van der Waals surface area (Å²) in [7, 11) is 0. The van der Waals surface area contributed by atoms with Gasteiger partial charge in [0.1, 0.15) is 16.8 Å². The van der Waals surface area contributed by atoms with E-state index < -0.39 is 0 Å². The first-order chi connectivity index (χ1) is 14.0. The molecule has 0 atom stereocenters. The van der Waals surface area contributed by atoms with Gasteiger partial charge in [0.25, 0.3) is 5.91 Å². The predicted octanol–water partition coefficient (Wildman–Crippen LogP) is 4.09. The smallest absolute Gasteiger partial charge is 0.255 e. The van der Waals surface area contributed by atoms with E-state index >= 15 is 0 Å². The Hall–Kier alpha value is -3.79. The van der Waals surface area contributed by atoms with Crippen molar-refractivity contribution in [3.05, 3.63) is 59.6 Å². The number of aryl methyl sites for hydroxylation is 2. The molecule has 0 bridgehead atoms. The molecule has 1 fully saturated rings. The van der Waals surface area contributed by atoms with Gasteiger partial charge in [0.05, 0.1) is 30.0 Å². The van der Waals surface area contributed by atoms with E-state index in [-0.39, 0.29) is 11.8 Å². The van der Waals surface area contributed by atoms with Crippen LogP contribution in [0.1, 0.15) is 21.5 Å². The maximum Gasteiger partial charge on any atom is 0.255 e. The van der Waals surface area contributed by atoms with Crippen molar-refractivity contribution in [1.82, 2.24) is 14.5 Å². The van der Waals surface area contributed by atoms with E-state index in [1.807, 2.05) is 32.0 Å². The lowest BCUT2D eigenvalue weighted by atomic mass is 10.0. The van der Waals surface area contributed by atoms with E-state index in [9.17, 15) is 4.79 Å². The topological polar surface area (TPSA) is 83.8 Å². The minimum atomic E-state index is -0.0852. The third kappa shape index (κ3) is 2.72. The number of carbonyl (C=O) groups is 1. The molecule has 0 saturated carbocycles. The van der Waals surface area contributed by atoms with Crippen LogP contribution in [0.15, 0.2) is 47.3 Å². The fraction of sp³-hybridized carbons (Fsp3) is 0.227. The van der Waals surface area contributed by atoms with Gasteiger partial charge in [-0.1, -0.05) is 0 Å². The Morgan fingerprint density at radius 3 is 2.93 bits per heavy atom. The van der Waals surface area contributed by atoms with Gasteiger partial charge < -0.3 is 14.1 Å². The third-order valence-corrected chi connectivity index (χ3v) is 5.44. The Bertz CT molecular complexity index is 1310. The Kier molecular flexibility index (Phi) is 3.81. The Morgan fingerprint density at radius 1 is 1.31 bits per heavy atom. The molecular weight excluding hydrogens is 368 g/mol. The molecule has 0 spiro atoms. The molecule has 1 aromatic carbocycles. The van der Waals surface area contributed by atoms with Crippen LogP contribution in [0.2, 0.25) is 0 Å². The van der Waals surface area contributed by atoms with Crippen molar-refractivity contribution in [1.29, 1.82) is 5.26 Å². The first-order valence-corrected chi connectivity index (χ1v) is 9.36. The first-order valence-electron chi connectivity index (χ1n) is 9.36. The number of nitrogens with zero attached hydrogens (tertiary/aromatic N) is 4. The summed E-state index contributed by atoms with van der Waals surface area (Å²) < 4.78 is 13.4. The number of furan rings is 1. The van der Waals surface area contributed by atoms with Crippen LogP contribution in [0.4, 0.5) is 0 Å². The maximum absolute atomic E-state index is 12.8. The minimum absolute atomic E-state index is 0.0755. The van der Waals surface area contributed by atoms with Crippen molar-refractivity contribution in [2.45, 2.75) is 13.8 Å². The van der Waals surface area contributed by atoms with Crippen LogP contribution in [0.5, 0.6) is 11.5 Å². The lowest BCUT2D eigenvalue weighted by Gasteiger charge is -2.35. The monoisotopic (exact) mass is 386 g/mol. The van der Waals surface area contributed by atoms with Crippen molar-refractivity contribution < 1.29 is 13.9 Å². The summed E-state index contributed by atoms with van der Waals surface area (Å²) in [6, 6.07) is 9.69. The van der Waals surface area contributed by atoms with E-state index in [4.69, 9.17) is 14.4 Å². The van der Waals surface area contributed by atoms with Gasteiger partial charge in [0.15, 0.2) is 5.75 Å². The third-order valence-electron chi connectivity index (χ3n) is 5.44. The molecule has 7 nitrogen and oxygen atoms in total. The van der Waals surface area contributed by atoms with Gasteiger partial charge >= 0.3 is 0 Å². The molecular formula is C22H18N4O3. The average Bonchev–Trinajstić information content (AvgIpc) is 3.22. The Morgan fingerprint density at radius 2 is 2.14 bits per heavy atom. The lowest BCUT2D eigenvalue weighted by Crippen LogP contribution is -2.49. The van der Waals surface area contributed by atoms with Crippen molar-refractivity contribution in [2.24, 2.45) is 5.92 Å². The molecule has 1 aliphatic rings. The number of amides is 1. The van der Waals surface area contributed by atoms with Gasteiger partial charge in [-0.3, -0.25) is 4.79 Å². The van der Waals surface area contributed by atoms with E-state index in [1.54, 1.807) is 34.1 Å². The molecule has 144 valence electrons. The van der Waals surface area contributed by atoms with E-state index in [0.29, 0.717) is 30.2 Å². The van der Waals surface area contributed by atoms with Crippen LogP contribution in [0.3, 0.4) is 0 Å². The van der Waals surface area contributed by atoms with Crippen LogP contribution in [0.25, 0.3) is 16.5 Å². The number of hydrogen-bond acceptors (Lipinski definition) is 5. The number of nitriles is 1. The molecule has 4 heterocycles. The summed E-state index contributed by atoms with van der Waals surface area (Å²) in [5, 5.41) is 14.3. The normalized spacial score (nSPS) is 14.2. The number of fused-ring (bicyclic) bond motifs is 2. The fourth-order valence-electron chi connectivity index (χ4n) is 3.75. The number of ether oxygens (including phenoxy) is 1. The quantitative estimate of drug-likeness (QED) is 0.530. The molecule has 1 aliphatic heterocycles. The summed E-state index contributed by atoms with van der Waals surface area (Å²) in [5.74, 6) is 1.09. The number of likely N-dealkylation sites (tertiary alicyclic amines) is 1. The second-order valence-electron chi connectivity index (χ2n) is 7.37. The van der Waals surface area contributed by atoms with E-state index in [0.717, 1.165) is 27.6 Å². The molecule has 4 aromatic rings. The Balaban J connectivity index is 1.50. The lowest BCUT2D eigenvalue weighted by molar-refractivity contribution is 0.0576. The number of aromatic nitrogens is 2. The van der Waals surface area contributed by atoms with Gasteiger partial charge in [-0.05, 0) is 37.1 Å². The van der Waals surface area contributed by atoms with Crippen LogP contribution < -0.4 is 4.74 Å². The van der Waals surface area contributed by atoms with Gasteiger partial charge in [-0.15, -0.1) is 0 Å². The molecule has 7 heteroatoms. The standard InChI is InChI=1S/C22H18N4O3/c1-13-12-28-20-7-16(3-4-17(13)20)29-19-5-6-24-26-11-18(14(2)21(19)26)22(27)25-9-15(8-23)10-25/h3-7,11-12,15H,9-10H2,1-2H3. The molecule has 1 amide bonds. The van der Waals surface area contributed by atoms with Crippen LogP contribution >= 0.6 is 0 Å². The van der Waals surface area contributed by atoms with Crippen LogP contribution in [-0.4, -0.2) is 33.5 Å². The summed E-state index contributed by atoms with van der Waals surface area (Å²) in [5.41, 5.74) is 3.95. The second-order valence-corrected chi connectivity index (χ2v) is 7.37. The van der Waals surface area contributed by atoms with Gasteiger partial charge in [0.2, 0.25) is 0 Å². The molecule has 0 radical (unpaired) electrons. The number of benzene rings is 1. The summed E-state index contributed by atoms with van der Waals surface area (Å²) in [6.45, 7) is 4.83. The molecule has 29 heavy (non-hydrogen) atoms. The summed E-state index contributed by atoms with van der Waals surface area (Å²) in [4.78, 5) is 14.5. The number of carbonyl (C=O) groups excluding carboxylic acids is 1. The molecule has 0 N–H and O–H groups in total. The van der Waals surface area contributed by atoms with Crippen molar-refractivity contribution >= 4 is 22.4 Å². The molecule has 1 saturated heterocycles. The number of rotatable bonds is 3. The maximum atomic E-state index is 12.8.